The first-order chi connectivity index (χ1) is 8.33. The van der Waals surface area contributed by atoms with Crippen LogP contribution in [0.25, 0.3) is 17.2 Å². The average molecular weight is 218 g/mol. The summed E-state index contributed by atoms with van der Waals surface area (Å²) >= 11 is 0. The number of carbonyl (C=O) groups excluding carboxylic acids is 1. The van der Waals surface area contributed by atoms with E-state index in [0.29, 0.717) is 0 Å². The zero-order valence-corrected chi connectivity index (χ0v) is 9.23. The van der Waals surface area contributed by atoms with Crippen LogP contribution in [0, 0.1) is 0 Å². The quantitative estimate of drug-likeness (QED) is 0.564. The number of benzene rings is 2. The van der Waals surface area contributed by atoms with Crippen LogP contribution in [0.1, 0.15) is 27.0 Å². The second-order valence-corrected chi connectivity index (χ2v) is 4.63. The molecule has 0 spiro atoms. The van der Waals surface area contributed by atoms with Gasteiger partial charge in [0.1, 0.15) is 0 Å². The van der Waals surface area contributed by atoms with Crippen LogP contribution in [0.15, 0.2) is 42.5 Å². The molecule has 0 fully saturated rings. The maximum Gasteiger partial charge on any atom is 0.186 e. The molecule has 0 heterocycles. The minimum Gasteiger partial charge on any atom is -0.289 e. The Morgan fingerprint density at radius 2 is 1.71 bits per heavy atom. The predicted molar refractivity (Wildman–Crippen MR) is 68.0 cm³/mol. The standard InChI is InChI=1S/C16H10O/c17-16-6-5-11-8-14-12(9-15(11)16)7-10-3-1-2-4-13(10)14/h1-6,8-9H,7H2. The minimum absolute atomic E-state index is 0.138. The molecule has 2 aromatic carbocycles. The zero-order valence-electron chi connectivity index (χ0n) is 9.23. The highest BCUT2D eigenvalue weighted by molar-refractivity contribution is 6.14. The summed E-state index contributed by atoms with van der Waals surface area (Å²) in [5.41, 5.74) is 7.17. The minimum atomic E-state index is 0.138. The average Bonchev–Trinajstić information content (AvgIpc) is 2.88. The lowest BCUT2D eigenvalue weighted by Gasteiger charge is -2.04. The van der Waals surface area contributed by atoms with E-state index >= 15 is 0 Å². The molecule has 1 heteroatoms. The fourth-order valence-electron chi connectivity index (χ4n) is 2.81. The van der Waals surface area contributed by atoms with Gasteiger partial charge in [-0.05, 0) is 52.4 Å². The molecule has 0 unspecified atom stereocenters. The Morgan fingerprint density at radius 1 is 0.824 bits per heavy atom. The van der Waals surface area contributed by atoms with E-state index in [2.05, 4.69) is 36.4 Å². The lowest BCUT2D eigenvalue weighted by Crippen LogP contribution is -1.93. The van der Waals surface area contributed by atoms with Gasteiger partial charge in [-0.2, -0.15) is 0 Å². The van der Waals surface area contributed by atoms with Gasteiger partial charge in [-0.25, -0.2) is 0 Å². The van der Waals surface area contributed by atoms with Crippen molar-refractivity contribution in [2.45, 2.75) is 6.42 Å². The normalized spacial score (nSPS) is 14.7. The summed E-state index contributed by atoms with van der Waals surface area (Å²) in [6, 6.07) is 12.7. The Labute approximate surface area is 99.4 Å². The van der Waals surface area contributed by atoms with Crippen molar-refractivity contribution in [2.75, 3.05) is 0 Å². The van der Waals surface area contributed by atoms with E-state index in [4.69, 9.17) is 0 Å². The van der Waals surface area contributed by atoms with E-state index < -0.39 is 0 Å². The lowest BCUT2D eigenvalue weighted by molar-refractivity contribution is 0.105. The van der Waals surface area contributed by atoms with Gasteiger partial charge < -0.3 is 0 Å². The van der Waals surface area contributed by atoms with Crippen molar-refractivity contribution in [1.29, 1.82) is 0 Å². The summed E-state index contributed by atoms with van der Waals surface area (Å²) in [7, 11) is 0. The smallest absolute Gasteiger partial charge is 0.186 e. The van der Waals surface area contributed by atoms with Gasteiger partial charge in [-0.1, -0.05) is 30.3 Å². The summed E-state index contributed by atoms with van der Waals surface area (Å²) in [5, 5.41) is 0. The molecule has 0 aliphatic heterocycles. The van der Waals surface area contributed by atoms with E-state index in [9.17, 15) is 4.79 Å². The fourth-order valence-corrected chi connectivity index (χ4v) is 2.81. The largest absolute Gasteiger partial charge is 0.289 e. The maximum atomic E-state index is 11.7. The highest BCUT2D eigenvalue weighted by Crippen LogP contribution is 2.39. The van der Waals surface area contributed by atoms with Gasteiger partial charge in [0, 0.05) is 5.56 Å². The number of rotatable bonds is 0. The van der Waals surface area contributed by atoms with Crippen LogP contribution >= 0.6 is 0 Å². The number of allylic oxidation sites excluding steroid dienone is 1. The van der Waals surface area contributed by atoms with E-state index in [1.54, 1.807) is 6.08 Å². The molecule has 0 aromatic heterocycles. The first-order valence-corrected chi connectivity index (χ1v) is 5.80. The van der Waals surface area contributed by atoms with Crippen molar-refractivity contribution in [2.24, 2.45) is 0 Å². The highest BCUT2D eigenvalue weighted by Gasteiger charge is 2.22. The van der Waals surface area contributed by atoms with Crippen LogP contribution in [0.2, 0.25) is 0 Å². The van der Waals surface area contributed by atoms with Crippen LogP contribution in [0.4, 0.5) is 0 Å². The first kappa shape index (κ1) is 8.94. The third-order valence-corrected chi connectivity index (χ3v) is 3.64. The zero-order chi connectivity index (χ0) is 11.4. The summed E-state index contributed by atoms with van der Waals surface area (Å²) in [4.78, 5) is 11.7. The van der Waals surface area contributed by atoms with Crippen LogP contribution in [-0.2, 0) is 6.42 Å². The molecule has 4 rings (SSSR count). The van der Waals surface area contributed by atoms with Crippen LogP contribution in [-0.4, -0.2) is 5.78 Å². The predicted octanol–water partition coefficient (Wildman–Crippen LogP) is 3.47. The van der Waals surface area contributed by atoms with Crippen molar-refractivity contribution in [3.63, 3.8) is 0 Å². The number of hydrogen-bond acceptors (Lipinski definition) is 1. The molecule has 17 heavy (non-hydrogen) atoms. The Balaban J connectivity index is 2.01. The van der Waals surface area contributed by atoms with Crippen molar-refractivity contribution < 1.29 is 4.79 Å². The van der Waals surface area contributed by atoms with Gasteiger partial charge >= 0.3 is 0 Å². The third kappa shape index (κ3) is 1.11. The van der Waals surface area contributed by atoms with Crippen molar-refractivity contribution in [3.05, 3.63) is 64.7 Å². The molecule has 2 aliphatic rings. The first-order valence-electron chi connectivity index (χ1n) is 5.80. The number of fused-ring (bicyclic) bond motifs is 4. The summed E-state index contributed by atoms with van der Waals surface area (Å²) in [6.07, 6.45) is 4.52. The monoisotopic (exact) mass is 218 g/mol. The molecule has 2 aliphatic carbocycles. The second kappa shape index (κ2) is 2.95. The van der Waals surface area contributed by atoms with Gasteiger partial charge in [0.2, 0.25) is 0 Å². The Kier molecular flexibility index (Phi) is 1.55. The fraction of sp³-hybridized carbons (Fsp3) is 0.0625. The molecule has 0 saturated carbocycles. The van der Waals surface area contributed by atoms with E-state index in [-0.39, 0.29) is 5.78 Å². The number of carbonyl (C=O) groups is 1. The van der Waals surface area contributed by atoms with E-state index in [1.807, 2.05) is 6.08 Å². The Hall–Kier alpha value is -2.15. The highest BCUT2D eigenvalue weighted by atomic mass is 16.1. The molecule has 0 amide bonds. The third-order valence-electron chi connectivity index (χ3n) is 3.64. The summed E-state index contributed by atoms with van der Waals surface area (Å²) in [6.45, 7) is 0. The van der Waals surface area contributed by atoms with Crippen molar-refractivity contribution in [1.82, 2.24) is 0 Å². The van der Waals surface area contributed by atoms with Gasteiger partial charge in [0.25, 0.3) is 0 Å². The van der Waals surface area contributed by atoms with Crippen LogP contribution in [0.3, 0.4) is 0 Å². The van der Waals surface area contributed by atoms with Crippen LogP contribution < -0.4 is 0 Å². The lowest BCUT2D eigenvalue weighted by atomic mass is 9.99. The molecule has 1 nitrogen and oxygen atoms in total. The molecule has 0 atom stereocenters. The molecule has 2 aromatic rings. The Morgan fingerprint density at radius 3 is 2.65 bits per heavy atom. The molecule has 0 saturated heterocycles. The van der Waals surface area contributed by atoms with E-state index in [0.717, 1.165) is 17.5 Å². The van der Waals surface area contributed by atoms with Crippen molar-refractivity contribution >= 4 is 11.9 Å². The molecule has 0 N–H and O–H groups in total. The van der Waals surface area contributed by atoms with Gasteiger partial charge in [0.05, 0.1) is 0 Å². The maximum absolute atomic E-state index is 11.7. The Bertz CT molecular complexity index is 693. The second-order valence-electron chi connectivity index (χ2n) is 4.63. The van der Waals surface area contributed by atoms with Gasteiger partial charge in [-0.15, -0.1) is 0 Å². The summed E-state index contributed by atoms with van der Waals surface area (Å²) < 4.78 is 0. The molecule has 0 bridgehead atoms. The number of hydrogen-bond donors (Lipinski definition) is 0. The molecule has 80 valence electrons. The molecular weight excluding hydrogens is 208 g/mol. The van der Waals surface area contributed by atoms with Gasteiger partial charge in [-0.3, -0.25) is 4.79 Å². The van der Waals surface area contributed by atoms with Crippen molar-refractivity contribution in [3.8, 4) is 11.1 Å². The topological polar surface area (TPSA) is 17.1 Å². The van der Waals surface area contributed by atoms with E-state index in [1.165, 1.54) is 22.3 Å². The van der Waals surface area contributed by atoms with Gasteiger partial charge in [0.15, 0.2) is 5.78 Å². The SMILES string of the molecule is O=C1C=Cc2cc3c(cc21)Cc1ccccc1-3. The van der Waals surface area contributed by atoms with Crippen LogP contribution in [0.5, 0.6) is 0 Å². The summed E-state index contributed by atoms with van der Waals surface area (Å²) in [5.74, 6) is 0.138. The molecular formula is C16H10O. The number of ketones is 1. The molecule has 0 radical (unpaired) electrons.